The molecular weight excluding hydrogens is 296 g/mol. The molecule has 0 bridgehead atoms. The van der Waals surface area contributed by atoms with Crippen LogP contribution in [0.1, 0.15) is 32.8 Å². The predicted molar refractivity (Wildman–Crippen MR) is 86.1 cm³/mol. The number of carbonyl (C=O) groups is 1. The highest BCUT2D eigenvalue weighted by atomic mass is 16.8. The first kappa shape index (κ1) is 17.8. The Labute approximate surface area is 137 Å². The first-order chi connectivity index (χ1) is 11.0. The minimum absolute atomic E-state index is 0.118. The summed E-state index contributed by atoms with van der Waals surface area (Å²) in [5.41, 5.74) is 1.18. The molecule has 1 saturated heterocycles. The van der Waals surface area contributed by atoms with Crippen molar-refractivity contribution in [2.75, 3.05) is 19.8 Å². The summed E-state index contributed by atoms with van der Waals surface area (Å²) in [7, 11) is 0. The van der Waals surface area contributed by atoms with Crippen LogP contribution in [-0.2, 0) is 25.6 Å². The van der Waals surface area contributed by atoms with Gasteiger partial charge in [-0.15, -0.1) is 0 Å². The van der Waals surface area contributed by atoms with Gasteiger partial charge in [-0.3, -0.25) is 0 Å². The maximum atomic E-state index is 11.2. The van der Waals surface area contributed by atoms with Crippen LogP contribution in [-0.4, -0.2) is 38.2 Å². The molecule has 23 heavy (non-hydrogen) atoms. The molecule has 5 heteroatoms. The Bertz CT molecular complexity index is 485. The third kappa shape index (κ3) is 5.84. The Hall–Kier alpha value is -1.59. The van der Waals surface area contributed by atoms with Crippen molar-refractivity contribution in [3.8, 4) is 0 Å². The molecule has 5 nitrogen and oxygen atoms in total. The summed E-state index contributed by atoms with van der Waals surface area (Å²) < 4.78 is 21.8. The van der Waals surface area contributed by atoms with Gasteiger partial charge in [0.15, 0.2) is 6.10 Å². The zero-order valence-electron chi connectivity index (χ0n) is 14.1. The summed E-state index contributed by atoms with van der Waals surface area (Å²) in [6, 6.07) is 9.88. The van der Waals surface area contributed by atoms with Crippen molar-refractivity contribution in [2.24, 2.45) is 5.41 Å². The molecule has 1 aliphatic rings. The number of rotatable bonds is 9. The molecule has 1 aromatic rings. The zero-order chi connectivity index (χ0) is 16.7. The van der Waals surface area contributed by atoms with Crippen LogP contribution in [0.25, 0.3) is 0 Å². The SMILES string of the molecule is CCC(C)(C)COCC(OCc1ccccc1)C1COC(=O)O1. The van der Waals surface area contributed by atoms with Gasteiger partial charge in [0.1, 0.15) is 12.7 Å². The van der Waals surface area contributed by atoms with Crippen LogP contribution in [0.15, 0.2) is 30.3 Å². The molecule has 128 valence electrons. The van der Waals surface area contributed by atoms with Crippen LogP contribution >= 0.6 is 0 Å². The van der Waals surface area contributed by atoms with Gasteiger partial charge in [-0.05, 0) is 17.4 Å². The monoisotopic (exact) mass is 322 g/mol. The van der Waals surface area contributed by atoms with E-state index in [4.69, 9.17) is 18.9 Å². The van der Waals surface area contributed by atoms with Crippen molar-refractivity contribution in [2.45, 2.75) is 46.0 Å². The highest BCUT2D eigenvalue weighted by Gasteiger charge is 2.34. The lowest BCUT2D eigenvalue weighted by Gasteiger charge is -2.26. The summed E-state index contributed by atoms with van der Waals surface area (Å²) >= 11 is 0. The Morgan fingerprint density at radius 1 is 1.30 bits per heavy atom. The molecule has 0 aromatic heterocycles. The third-order valence-corrected chi connectivity index (χ3v) is 4.07. The zero-order valence-corrected chi connectivity index (χ0v) is 14.1. The fourth-order valence-electron chi connectivity index (χ4n) is 2.12. The maximum absolute atomic E-state index is 11.2. The van der Waals surface area contributed by atoms with E-state index >= 15 is 0 Å². The van der Waals surface area contributed by atoms with E-state index in [1.807, 2.05) is 30.3 Å². The molecular formula is C18H26O5. The van der Waals surface area contributed by atoms with Crippen LogP contribution in [0.5, 0.6) is 0 Å². The fraction of sp³-hybridized carbons (Fsp3) is 0.611. The minimum Gasteiger partial charge on any atom is -0.430 e. The van der Waals surface area contributed by atoms with Gasteiger partial charge in [-0.2, -0.15) is 0 Å². The molecule has 1 aromatic carbocycles. The maximum Gasteiger partial charge on any atom is 0.508 e. The van der Waals surface area contributed by atoms with Crippen molar-refractivity contribution in [3.05, 3.63) is 35.9 Å². The van der Waals surface area contributed by atoms with Crippen LogP contribution < -0.4 is 0 Å². The Morgan fingerprint density at radius 2 is 2.04 bits per heavy atom. The van der Waals surface area contributed by atoms with Crippen LogP contribution in [0, 0.1) is 5.41 Å². The lowest BCUT2D eigenvalue weighted by Crippen LogP contribution is -2.36. The van der Waals surface area contributed by atoms with Gasteiger partial charge in [-0.25, -0.2) is 4.79 Å². The quantitative estimate of drug-likeness (QED) is 0.651. The minimum atomic E-state index is -0.641. The van der Waals surface area contributed by atoms with E-state index in [9.17, 15) is 4.79 Å². The van der Waals surface area contributed by atoms with E-state index in [1.54, 1.807) is 0 Å². The number of benzene rings is 1. The number of ether oxygens (including phenoxy) is 4. The Morgan fingerprint density at radius 3 is 2.65 bits per heavy atom. The summed E-state index contributed by atoms with van der Waals surface area (Å²) in [4.78, 5) is 11.2. The molecule has 0 N–H and O–H groups in total. The van der Waals surface area contributed by atoms with E-state index < -0.39 is 12.3 Å². The third-order valence-electron chi connectivity index (χ3n) is 4.07. The standard InChI is InChI=1S/C18H26O5/c1-4-18(2,3)13-20-11-15(16-12-22-17(19)23-16)21-10-14-8-6-5-7-9-14/h5-9,15-16H,4,10-13H2,1-3H3. The average Bonchev–Trinajstić information content (AvgIpc) is 2.98. The number of cyclic esters (lactones) is 2. The van der Waals surface area contributed by atoms with Gasteiger partial charge in [0, 0.05) is 0 Å². The molecule has 2 rings (SSSR count). The first-order valence-corrected chi connectivity index (χ1v) is 8.07. The van der Waals surface area contributed by atoms with E-state index in [0.717, 1.165) is 12.0 Å². The number of hydrogen-bond donors (Lipinski definition) is 0. The lowest BCUT2D eigenvalue weighted by atomic mass is 9.92. The highest BCUT2D eigenvalue weighted by Crippen LogP contribution is 2.21. The summed E-state index contributed by atoms with van der Waals surface area (Å²) in [5, 5.41) is 0. The van der Waals surface area contributed by atoms with Crippen molar-refractivity contribution in [3.63, 3.8) is 0 Å². The predicted octanol–water partition coefficient (Wildman–Crippen LogP) is 3.56. The lowest BCUT2D eigenvalue weighted by molar-refractivity contribution is -0.0866. The Kier molecular flexibility index (Phi) is 6.42. The highest BCUT2D eigenvalue weighted by molar-refractivity contribution is 5.61. The first-order valence-electron chi connectivity index (χ1n) is 8.07. The van der Waals surface area contributed by atoms with Gasteiger partial charge in [0.25, 0.3) is 0 Å². The Balaban J connectivity index is 1.88. The summed E-state index contributed by atoms with van der Waals surface area (Å²) in [6.07, 6.45) is -0.369. The van der Waals surface area contributed by atoms with Crippen LogP contribution in [0.2, 0.25) is 0 Å². The molecule has 1 aliphatic heterocycles. The van der Waals surface area contributed by atoms with Gasteiger partial charge < -0.3 is 18.9 Å². The summed E-state index contributed by atoms with van der Waals surface area (Å²) in [5.74, 6) is 0. The van der Waals surface area contributed by atoms with Crippen LogP contribution in [0.3, 0.4) is 0 Å². The molecule has 0 radical (unpaired) electrons. The van der Waals surface area contributed by atoms with E-state index in [-0.39, 0.29) is 18.1 Å². The smallest absolute Gasteiger partial charge is 0.430 e. The molecule has 1 fully saturated rings. The number of hydrogen-bond acceptors (Lipinski definition) is 5. The van der Waals surface area contributed by atoms with Crippen molar-refractivity contribution < 1.29 is 23.7 Å². The van der Waals surface area contributed by atoms with E-state index in [0.29, 0.717) is 19.8 Å². The van der Waals surface area contributed by atoms with Crippen molar-refractivity contribution >= 4 is 6.16 Å². The average molecular weight is 322 g/mol. The summed E-state index contributed by atoms with van der Waals surface area (Å²) in [6.45, 7) is 8.11. The topological polar surface area (TPSA) is 54.0 Å². The normalized spacial score (nSPS) is 19.3. The van der Waals surface area contributed by atoms with E-state index in [2.05, 4.69) is 20.8 Å². The molecule has 0 amide bonds. The van der Waals surface area contributed by atoms with Gasteiger partial charge in [0.05, 0.1) is 19.8 Å². The van der Waals surface area contributed by atoms with Gasteiger partial charge in [0.2, 0.25) is 0 Å². The second-order valence-electron chi connectivity index (χ2n) is 6.59. The molecule has 1 heterocycles. The van der Waals surface area contributed by atoms with Gasteiger partial charge in [-0.1, -0.05) is 51.1 Å². The molecule has 0 spiro atoms. The fourth-order valence-corrected chi connectivity index (χ4v) is 2.12. The van der Waals surface area contributed by atoms with E-state index in [1.165, 1.54) is 0 Å². The largest absolute Gasteiger partial charge is 0.508 e. The number of carbonyl (C=O) groups excluding carboxylic acids is 1. The molecule has 0 aliphatic carbocycles. The van der Waals surface area contributed by atoms with Gasteiger partial charge >= 0.3 is 6.16 Å². The molecule has 0 saturated carbocycles. The second-order valence-corrected chi connectivity index (χ2v) is 6.59. The second kappa shape index (κ2) is 8.31. The molecule has 2 unspecified atom stereocenters. The van der Waals surface area contributed by atoms with Crippen molar-refractivity contribution in [1.82, 2.24) is 0 Å². The van der Waals surface area contributed by atoms with Crippen LogP contribution in [0.4, 0.5) is 4.79 Å². The van der Waals surface area contributed by atoms with Crippen molar-refractivity contribution in [1.29, 1.82) is 0 Å². The molecule has 2 atom stereocenters.